The topological polar surface area (TPSA) is 60.5 Å². The smallest absolute Gasteiger partial charge is 0.270 e. The van der Waals surface area contributed by atoms with Gasteiger partial charge in [0.2, 0.25) is 0 Å². The van der Waals surface area contributed by atoms with Gasteiger partial charge in [0, 0.05) is 25.1 Å². The molecular weight excluding hydrogens is 295 g/mol. The van der Waals surface area contributed by atoms with Gasteiger partial charge in [-0.15, -0.1) is 11.3 Å². The Bertz CT molecular complexity index is 603. The first-order valence-electron chi connectivity index (χ1n) is 6.29. The fourth-order valence-electron chi connectivity index (χ4n) is 1.54. The largest absolute Gasteiger partial charge is 0.486 e. The lowest BCUT2D eigenvalue weighted by Crippen LogP contribution is -2.27. The van der Waals surface area contributed by atoms with E-state index in [9.17, 15) is 9.18 Å². The van der Waals surface area contributed by atoms with Crippen LogP contribution in [-0.2, 0) is 11.3 Å². The lowest BCUT2D eigenvalue weighted by atomic mass is 10.3. The van der Waals surface area contributed by atoms with E-state index in [1.807, 2.05) is 0 Å². The SMILES string of the molecule is COCCNC(=O)c1csc(COc2cccc(F)c2)n1. The van der Waals surface area contributed by atoms with Crippen molar-refractivity contribution in [2.75, 3.05) is 20.3 Å². The maximum absolute atomic E-state index is 13.0. The van der Waals surface area contributed by atoms with Crippen molar-refractivity contribution in [3.63, 3.8) is 0 Å². The number of nitrogens with one attached hydrogen (secondary N) is 1. The molecule has 0 fully saturated rings. The summed E-state index contributed by atoms with van der Waals surface area (Å²) in [5, 5.41) is 4.99. The van der Waals surface area contributed by atoms with Gasteiger partial charge >= 0.3 is 0 Å². The van der Waals surface area contributed by atoms with E-state index in [-0.39, 0.29) is 18.3 Å². The van der Waals surface area contributed by atoms with Crippen molar-refractivity contribution in [3.8, 4) is 5.75 Å². The standard InChI is InChI=1S/C14H15FN2O3S/c1-19-6-5-16-14(18)12-9-21-13(17-12)8-20-11-4-2-3-10(15)7-11/h2-4,7,9H,5-6,8H2,1H3,(H,16,18). The molecule has 5 nitrogen and oxygen atoms in total. The molecule has 7 heteroatoms. The molecule has 2 aromatic rings. The van der Waals surface area contributed by atoms with Crippen molar-refractivity contribution in [1.29, 1.82) is 0 Å². The van der Waals surface area contributed by atoms with Gasteiger partial charge in [-0.05, 0) is 12.1 Å². The van der Waals surface area contributed by atoms with Gasteiger partial charge in [0.15, 0.2) is 0 Å². The van der Waals surface area contributed by atoms with E-state index in [0.29, 0.717) is 29.6 Å². The Hall–Kier alpha value is -1.99. The fraction of sp³-hybridized carbons (Fsp3) is 0.286. The normalized spacial score (nSPS) is 10.4. The summed E-state index contributed by atoms with van der Waals surface area (Å²) in [6, 6.07) is 5.88. The highest BCUT2D eigenvalue weighted by atomic mass is 32.1. The number of ether oxygens (including phenoxy) is 2. The number of carbonyl (C=O) groups is 1. The average molecular weight is 310 g/mol. The summed E-state index contributed by atoms with van der Waals surface area (Å²) in [4.78, 5) is 15.9. The van der Waals surface area contributed by atoms with Crippen LogP contribution in [0, 0.1) is 5.82 Å². The molecule has 0 unspecified atom stereocenters. The van der Waals surface area contributed by atoms with Crippen LogP contribution in [-0.4, -0.2) is 31.2 Å². The molecule has 0 saturated heterocycles. The van der Waals surface area contributed by atoms with Gasteiger partial charge in [0.05, 0.1) is 6.61 Å². The highest BCUT2D eigenvalue weighted by Crippen LogP contribution is 2.16. The summed E-state index contributed by atoms with van der Waals surface area (Å²) >= 11 is 1.32. The summed E-state index contributed by atoms with van der Waals surface area (Å²) in [6.07, 6.45) is 0. The van der Waals surface area contributed by atoms with Crippen molar-refractivity contribution in [1.82, 2.24) is 10.3 Å². The van der Waals surface area contributed by atoms with E-state index in [0.717, 1.165) is 0 Å². The lowest BCUT2D eigenvalue weighted by molar-refractivity contribution is 0.0932. The second-order valence-electron chi connectivity index (χ2n) is 4.12. The molecule has 0 aliphatic heterocycles. The molecule has 1 amide bonds. The zero-order chi connectivity index (χ0) is 15.1. The maximum atomic E-state index is 13.0. The summed E-state index contributed by atoms with van der Waals surface area (Å²) in [5.41, 5.74) is 0.342. The molecule has 2 rings (SSSR count). The van der Waals surface area contributed by atoms with Gasteiger partial charge in [0.25, 0.3) is 5.91 Å². The third-order valence-corrected chi connectivity index (χ3v) is 3.36. The molecule has 0 spiro atoms. The van der Waals surface area contributed by atoms with Gasteiger partial charge in [-0.25, -0.2) is 9.37 Å². The summed E-state index contributed by atoms with van der Waals surface area (Å²) in [7, 11) is 1.57. The molecule has 1 aromatic heterocycles. The highest BCUT2D eigenvalue weighted by molar-refractivity contribution is 7.09. The molecule has 0 radical (unpaired) electrons. The van der Waals surface area contributed by atoms with E-state index in [1.54, 1.807) is 24.6 Å². The first-order valence-corrected chi connectivity index (χ1v) is 7.17. The van der Waals surface area contributed by atoms with Crippen LogP contribution < -0.4 is 10.1 Å². The summed E-state index contributed by atoms with van der Waals surface area (Å²) in [6.45, 7) is 1.08. The van der Waals surface area contributed by atoms with Gasteiger partial charge in [-0.2, -0.15) is 0 Å². The van der Waals surface area contributed by atoms with Crippen LogP contribution in [0.25, 0.3) is 0 Å². The highest BCUT2D eigenvalue weighted by Gasteiger charge is 2.10. The average Bonchev–Trinajstić information content (AvgIpc) is 2.94. The molecule has 0 aliphatic carbocycles. The number of hydrogen-bond donors (Lipinski definition) is 1. The number of nitrogens with zero attached hydrogens (tertiary/aromatic N) is 1. The van der Waals surface area contributed by atoms with Gasteiger partial charge in [-0.3, -0.25) is 4.79 Å². The molecule has 112 valence electrons. The predicted octanol–water partition coefficient (Wildman–Crippen LogP) is 2.24. The van der Waals surface area contributed by atoms with E-state index in [2.05, 4.69) is 10.3 Å². The number of benzene rings is 1. The number of carbonyl (C=O) groups excluding carboxylic acids is 1. The molecular formula is C14H15FN2O3S. The number of thiazole rings is 1. The van der Waals surface area contributed by atoms with Crippen molar-refractivity contribution in [2.24, 2.45) is 0 Å². The second kappa shape index (κ2) is 7.70. The van der Waals surface area contributed by atoms with Crippen LogP contribution in [0.5, 0.6) is 5.75 Å². The molecule has 0 aliphatic rings. The Morgan fingerprint density at radius 2 is 2.33 bits per heavy atom. The van der Waals surface area contributed by atoms with Gasteiger partial charge in [0.1, 0.15) is 28.9 Å². The monoisotopic (exact) mass is 310 g/mol. The summed E-state index contributed by atoms with van der Waals surface area (Å²) in [5.74, 6) is -0.179. The fourth-order valence-corrected chi connectivity index (χ4v) is 2.23. The van der Waals surface area contributed by atoms with E-state index in [4.69, 9.17) is 9.47 Å². The Kier molecular flexibility index (Phi) is 5.65. The minimum atomic E-state index is -0.357. The number of hydrogen-bond acceptors (Lipinski definition) is 5. The van der Waals surface area contributed by atoms with Crippen LogP contribution in [0.3, 0.4) is 0 Å². The van der Waals surface area contributed by atoms with Crippen molar-refractivity contribution in [2.45, 2.75) is 6.61 Å². The van der Waals surface area contributed by atoms with Crippen LogP contribution >= 0.6 is 11.3 Å². The Labute approximate surface area is 125 Å². The van der Waals surface area contributed by atoms with Crippen molar-refractivity contribution >= 4 is 17.2 Å². The first kappa shape index (κ1) is 15.4. The zero-order valence-electron chi connectivity index (χ0n) is 11.5. The van der Waals surface area contributed by atoms with Gasteiger partial charge in [-0.1, -0.05) is 6.07 Å². The predicted molar refractivity (Wildman–Crippen MR) is 77.1 cm³/mol. The molecule has 1 N–H and O–H groups in total. The number of amides is 1. The summed E-state index contributed by atoms with van der Waals surface area (Å²) < 4.78 is 23.3. The van der Waals surface area contributed by atoms with Crippen LogP contribution in [0.1, 0.15) is 15.5 Å². The zero-order valence-corrected chi connectivity index (χ0v) is 12.3. The Morgan fingerprint density at radius 3 is 3.10 bits per heavy atom. The molecule has 1 heterocycles. The molecule has 21 heavy (non-hydrogen) atoms. The van der Waals surface area contributed by atoms with Crippen molar-refractivity contribution < 1.29 is 18.7 Å². The minimum Gasteiger partial charge on any atom is -0.486 e. The number of methoxy groups -OCH3 is 1. The quantitative estimate of drug-likeness (QED) is 0.797. The molecule has 0 bridgehead atoms. The van der Waals surface area contributed by atoms with Crippen LogP contribution in [0.2, 0.25) is 0 Å². The number of rotatable bonds is 7. The number of halogens is 1. The lowest BCUT2D eigenvalue weighted by Gasteiger charge is -2.03. The third-order valence-electron chi connectivity index (χ3n) is 2.53. The molecule has 0 atom stereocenters. The third kappa shape index (κ3) is 4.80. The molecule has 0 saturated carbocycles. The molecule has 1 aromatic carbocycles. The van der Waals surface area contributed by atoms with Crippen molar-refractivity contribution in [3.05, 3.63) is 46.2 Å². The maximum Gasteiger partial charge on any atom is 0.270 e. The first-order chi connectivity index (χ1) is 10.2. The van der Waals surface area contributed by atoms with Crippen LogP contribution in [0.4, 0.5) is 4.39 Å². The van der Waals surface area contributed by atoms with E-state index >= 15 is 0 Å². The van der Waals surface area contributed by atoms with Gasteiger partial charge < -0.3 is 14.8 Å². The Balaban J connectivity index is 1.86. The number of aromatic nitrogens is 1. The van der Waals surface area contributed by atoms with E-state index in [1.165, 1.54) is 23.5 Å². The van der Waals surface area contributed by atoms with E-state index < -0.39 is 0 Å². The van der Waals surface area contributed by atoms with Crippen LogP contribution in [0.15, 0.2) is 29.6 Å². The Morgan fingerprint density at radius 1 is 1.48 bits per heavy atom. The second-order valence-corrected chi connectivity index (χ2v) is 5.06. The minimum absolute atomic E-state index is 0.194.